The minimum absolute atomic E-state index is 0.0528. The van der Waals surface area contributed by atoms with Gasteiger partial charge in [-0.05, 0) is 30.4 Å². The highest BCUT2D eigenvalue weighted by atomic mass is 16.2. The fourth-order valence-corrected chi connectivity index (χ4v) is 2.40. The van der Waals surface area contributed by atoms with Crippen molar-refractivity contribution in [2.75, 3.05) is 5.32 Å². The number of para-hydroxylation sites is 1. The molecule has 1 fully saturated rings. The van der Waals surface area contributed by atoms with Crippen LogP contribution in [0, 0.1) is 5.92 Å². The minimum Gasteiger partial charge on any atom is -0.310 e. The summed E-state index contributed by atoms with van der Waals surface area (Å²) < 4.78 is 1.99. The molecule has 2 heterocycles. The van der Waals surface area contributed by atoms with E-state index in [9.17, 15) is 4.79 Å². The first-order chi connectivity index (χ1) is 10.3. The third-order valence-corrected chi connectivity index (χ3v) is 3.70. The van der Waals surface area contributed by atoms with Crippen molar-refractivity contribution >= 4 is 22.6 Å². The Morgan fingerprint density at radius 3 is 2.90 bits per heavy atom. The predicted octanol–water partition coefficient (Wildman–Crippen LogP) is 2.77. The first-order valence-electron chi connectivity index (χ1n) is 7.01. The van der Waals surface area contributed by atoms with Gasteiger partial charge in [-0.2, -0.15) is 0 Å². The van der Waals surface area contributed by atoms with Gasteiger partial charge in [0.15, 0.2) is 0 Å². The highest BCUT2D eigenvalue weighted by Gasteiger charge is 2.29. The van der Waals surface area contributed by atoms with Gasteiger partial charge in [-0.3, -0.25) is 4.79 Å². The molecule has 1 saturated carbocycles. The molecule has 0 aliphatic heterocycles. The van der Waals surface area contributed by atoms with Crippen LogP contribution in [-0.4, -0.2) is 20.4 Å². The van der Waals surface area contributed by atoms with Crippen LogP contribution in [0.25, 0.3) is 16.7 Å². The molecule has 21 heavy (non-hydrogen) atoms. The second-order valence-electron chi connectivity index (χ2n) is 5.27. The molecular weight excluding hydrogens is 264 g/mol. The Morgan fingerprint density at radius 2 is 2.05 bits per heavy atom. The maximum absolute atomic E-state index is 11.8. The molecule has 0 spiro atoms. The third-order valence-electron chi connectivity index (χ3n) is 3.70. The molecule has 2 aromatic heterocycles. The van der Waals surface area contributed by atoms with Crippen molar-refractivity contribution in [2.24, 2.45) is 5.92 Å². The number of amides is 1. The van der Waals surface area contributed by atoms with Crippen molar-refractivity contribution in [1.82, 2.24) is 14.5 Å². The van der Waals surface area contributed by atoms with E-state index < -0.39 is 0 Å². The SMILES string of the molecule is O=C(Nc1cc(-n2ccc3ccccc32)ncn1)C1CC1. The molecule has 0 atom stereocenters. The lowest BCUT2D eigenvalue weighted by Gasteiger charge is -2.07. The molecular formula is C16H14N4O. The van der Waals surface area contributed by atoms with Crippen LogP contribution in [0.4, 0.5) is 5.82 Å². The molecule has 5 heteroatoms. The van der Waals surface area contributed by atoms with Gasteiger partial charge >= 0.3 is 0 Å². The molecule has 1 N–H and O–H groups in total. The van der Waals surface area contributed by atoms with E-state index in [1.54, 1.807) is 6.07 Å². The van der Waals surface area contributed by atoms with Crippen LogP contribution in [0.5, 0.6) is 0 Å². The van der Waals surface area contributed by atoms with E-state index in [0.29, 0.717) is 5.82 Å². The van der Waals surface area contributed by atoms with Crippen molar-refractivity contribution in [1.29, 1.82) is 0 Å². The van der Waals surface area contributed by atoms with E-state index in [2.05, 4.69) is 21.4 Å². The molecule has 5 nitrogen and oxygen atoms in total. The summed E-state index contributed by atoms with van der Waals surface area (Å²) in [6, 6.07) is 11.9. The highest BCUT2D eigenvalue weighted by Crippen LogP contribution is 2.30. The lowest BCUT2D eigenvalue weighted by atomic mass is 10.2. The first-order valence-corrected chi connectivity index (χ1v) is 7.01. The van der Waals surface area contributed by atoms with Gasteiger partial charge in [0.1, 0.15) is 18.0 Å². The normalized spacial score (nSPS) is 14.3. The summed E-state index contributed by atoms with van der Waals surface area (Å²) in [5.41, 5.74) is 1.08. The zero-order chi connectivity index (χ0) is 14.2. The maximum Gasteiger partial charge on any atom is 0.228 e. The van der Waals surface area contributed by atoms with Crippen molar-refractivity contribution in [2.45, 2.75) is 12.8 Å². The van der Waals surface area contributed by atoms with Gasteiger partial charge < -0.3 is 9.88 Å². The number of aromatic nitrogens is 3. The topological polar surface area (TPSA) is 59.8 Å². The predicted molar refractivity (Wildman–Crippen MR) is 80.2 cm³/mol. The van der Waals surface area contributed by atoms with Crippen molar-refractivity contribution in [3.05, 3.63) is 48.9 Å². The number of benzene rings is 1. The Kier molecular flexibility index (Phi) is 2.70. The summed E-state index contributed by atoms with van der Waals surface area (Å²) in [7, 11) is 0. The molecule has 1 amide bonds. The Labute approximate surface area is 121 Å². The molecule has 4 rings (SSSR count). The highest BCUT2D eigenvalue weighted by molar-refractivity contribution is 5.93. The van der Waals surface area contributed by atoms with Crippen LogP contribution in [0.2, 0.25) is 0 Å². The maximum atomic E-state index is 11.8. The Morgan fingerprint density at radius 1 is 1.19 bits per heavy atom. The van der Waals surface area contributed by atoms with Crippen LogP contribution in [-0.2, 0) is 4.79 Å². The number of carbonyl (C=O) groups is 1. The van der Waals surface area contributed by atoms with Crippen molar-refractivity contribution < 1.29 is 4.79 Å². The molecule has 0 radical (unpaired) electrons. The summed E-state index contributed by atoms with van der Waals surface area (Å²) in [5.74, 6) is 1.51. The molecule has 1 aromatic carbocycles. The summed E-state index contributed by atoms with van der Waals surface area (Å²) in [6.07, 6.45) is 5.41. The molecule has 1 aliphatic rings. The number of rotatable bonds is 3. The van der Waals surface area contributed by atoms with Gasteiger partial charge in [-0.25, -0.2) is 9.97 Å². The summed E-state index contributed by atoms with van der Waals surface area (Å²) in [6.45, 7) is 0. The average Bonchev–Trinajstić information content (AvgIpc) is 3.27. The van der Waals surface area contributed by atoms with Crippen LogP contribution in [0.15, 0.2) is 48.9 Å². The van der Waals surface area contributed by atoms with Crippen molar-refractivity contribution in [3.63, 3.8) is 0 Å². The van der Waals surface area contributed by atoms with Gasteiger partial charge in [0.2, 0.25) is 5.91 Å². The van der Waals surface area contributed by atoms with Gasteiger partial charge in [0.25, 0.3) is 0 Å². The quantitative estimate of drug-likeness (QED) is 0.801. The zero-order valence-electron chi connectivity index (χ0n) is 11.4. The average molecular weight is 278 g/mol. The molecule has 0 bridgehead atoms. The van der Waals surface area contributed by atoms with Crippen LogP contribution < -0.4 is 5.32 Å². The van der Waals surface area contributed by atoms with E-state index >= 15 is 0 Å². The Balaban J connectivity index is 1.70. The number of carbonyl (C=O) groups excluding carboxylic acids is 1. The zero-order valence-corrected chi connectivity index (χ0v) is 11.4. The second kappa shape index (κ2) is 4.70. The van der Waals surface area contributed by atoms with Crippen LogP contribution in [0.3, 0.4) is 0 Å². The Bertz CT molecular complexity index is 820. The summed E-state index contributed by atoms with van der Waals surface area (Å²) in [5, 5.41) is 4.00. The molecule has 104 valence electrons. The van der Waals surface area contributed by atoms with Gasteiger partial charge in [-0.1, -0.05) is 18.2 Å². The number of hydrogen-bond donors (Lipinski definition) is 1. The smallest absolute Gasteiger partial charge is 0.228 e. The van der Waals surface area contributed by atoms with Gasteiger partial charge in [0, 0.05) is 18.2 Å². The van der Waals surface area contributed by atoms with Gasteiger partial charge in [-0.15, -0.1) is 0 Å². The first kappa shape index (κ1) is 12.1. The van der Waals surface area contributed by atoms with E-state index in [0.717, 1.165) is 29.6 Å². The number of nitrogens with one attached hydrogen (secondary N) is 1. The van der Waals surface area contributed by atoms with Crippen LogP contribution >= 0.6 is 0 Å². The Hall–Kier alpha value is -2.69. The third kappa shape index (κ3) is 2.27. The van der Waals surface area contributed by atoms with E-state index in [1.807, 2.05) is 35.0 Å². The summed E-state index contributed by atoms with van der Waals surface area (Å²) in [4.78, 5) is 20.2. The second-order valence-corrected chi connectivity index (χ2v) is 5.27. The fraction of sp³-hybridized carbons (Fsp3) is 0.188. The van der Waals surface area contributed by atoms with Crippen LogP contribution in [0.1, 0.15) is 12.8 Å². The van der Waals surface area contributed by atoms with E-state index in [-0.39, 0.29) is 11.8 Å². The molecule has 0 saturated heterocycles. The number of hydrogen-bond acceptors (Lipinski definition) is 3. The number of anilines is 1. The number of fused-ring (bicyclic) bond motifs is 1. The van der Waals surface area contributed by atoms with E-state index in [4.69, 9.17) is 0 Å². The van der Waals surface area contributed by atoms with E-state index in [1.165, 1.54) is 6.33 Å². The monoisotopic (exact) mass is 278 g/mol. The number of nitrogens with zero attached hydrogens (tertiary/aromatic N) is 3. The lowest BCUT2D eigenvalue weighted by molar-refractivity contribution is -0.117. The molecule has 0 unspecified atom stereocenters. The summed E-state index contributed by atoms with van der Waals surface area (Å²) >= 11 is 0. The van der Waals surface area contributed by atoms with Gasteiger partial charge in [0.05, 0.1) is 5.52 Å². The van der Waals surface area contributed by atoms with Crippen molar-refractivity contribution in [3.8, 4) is 5.82 Å². The fourth-order valence-electron chi connectivity index (χ4n) is 2.40. The molecule has 3 aromatic rings. The standard InChI is InChI=1S/C16H14N4O/c21-16(12-5-6-12)19-14-9-15(18-10-17-14)20-8-7-11-3-1-2-4-13(11)20/h1-4,7-10,12H,5-6H2,(H,17,18,19,21). The lowest BCUT2D eigenvalue weighted by Crippen LogP contribution is -2.14. The largest absolute Gasteiger partial charge is 0.310 e. The molecule has 1 aliphatic carbocycles. The minimum atomic E-state index is 0.0528.